The molecule has 1 saturated heterocycles. The number of nitrogens with zero attached hydrogens (tertiary/aromatic N) is 2. The van der Waals surface area contributed by atoms with E-state index in [1.807, 2.05) is 11.8 Å². The summed E-state index contributed by atoms with van der Waals surface area (Å²) in [6, 6.07) is 4.36. The first kappa shape index (κ1) is 14.7. The summed E-state index contributed by atoms with van der Waals surface area (Å²) >= 11 is 6.04. The van der Waals surface area contributed by atoms with Crippen molar-refractivity contribution in [3.63, 3.8) is 0 Å². The van der Waals surface area contributed by atoms with Crippen molar-refractivity contribution >= 4 is 23.3 Å². The maximum Gasteiger partial charge on any atom is 0.308 e. The molecule has 2 atom stereocenters. The Morgan fingerprint density at radius 2 is 2.25 bits per heavy atom. The maximum absolute atomic E-state index is 11.1. The van der Waals surface area contributed by atoms with Crippen molar-refractivity contribution in [2.24, 2.45) is 11.8 Å². The summed E-state index contributed by atoms with van der Waals surface area (Å²) in [7, 11) is 0. The number of halogens is 1. The van der Waals surface area contributed by atoms with Gasteiger partial charge in [0.1, 0.15) is 0 Å². The Morgan fingerprint density at radius 1 is 1.55 bits per heavy atom. The first-order chi connectivity index (χ1) is 9.38. The lowest BCUT2D eigenvalue weighted by Gasteiger charge is -2.16. The second-order valence-electron chi connectivity index (χ2n) is 5.15. The van der Waals surface area contributed by atoms with Crippen LogP contribution in [0.4, 0.5) is 5.69 Å². The minimum absolute atomic E-state index is 0.0445. The molecule has 108 valence electrons. The van der Waals surface area contributed by atoms with Crippen molar-refractivity contribution in [2.45, 2.75) is 13.5 Å². The van der Waals surface area contributed by atoms with E-state index in [2.05, 4.69) is 0 Å². The quantitative estimate of drug-likeness (QED) is 0.681. The molecule has 6 nitrogen and oxygen atoms in total. The zero-order valence-corrected chi connectivity index (χ0v) is 11.7. The van der Waals surface area contributed by atoms with E-state index in [4.69, 9.17) is 16.7 Å². The molecule has 2 unspecified atom stereocenters. The number of hydrogen-bond donors (Lipinski definition) is 1. The van der Waals surface area contributed by atoms with Crippen LogP contribution in [0.25, 0.3) is 0 Å². The van der Waals surface area contributed by atoms with Gasteiger partial charge in [-0.15, -0.1) is 0 Å². The van der Waals surface area contributed by atoms with Gasteiger partial charge in [0.05, 0.1) is 15.9 Å². The van der Waals surface area contributed by atoms with E-state index in [0.717, 1.165) is 5.56 Å². The molecule has 1 fully saturated rings. The lowest BCUT2D eigenvalue weighted by Crippen LogP contribution is -2.23. The highest BCUT2D eigenvalue weighted by molar-refractivity contribution is 6.31. The van der Waals surface area contributed by atoms with Crippen LogP contribution in [0.5, 0.6) is 0 Å². The number of carboxylic acids is 1. The summed E-state index contributed by atoms with van der Waals surface area (Å²) in [5.74, 6) is -1.06. The predicted molar refractivity (Wildman–Crippen MR) is 73.7 cm³/mol. The number of nitro groups is 1. The summed E-state index contributed by atoms with van der Waals surface area (Å²) in [6.07, 6.45) is 0. The van der Waals surface area contributed by atoms with E-state index in [9.17, 15) is 14.9 Å². The van der Waals surface area contributed by atoms with Crippen LogP contribution in [0.1, 0.15) is 12.5 Å². The van der Waals surface area contributed by atoms with E-state index in [1.54, 1.807) is 6.07 Å². The van der Waals surface area contributed by atoms with Gasteiger partial charge >= 0.3 is 5.97 Å². The van der Waals surface area contributed by atoms with Gasteiger partial charge in [-0.1, -0.05) is 18.5 Å². The standard InChI is InChI=1S/C13H15ClN2O4/c1-8-5-15(7-11(8)13(17)18)6-9-2-3-10(16(19)20)4-12(9)14/h2-4,8,11H,5-7H2,1H3,(H,17,18). The molecule has 2 rings (SSSR count). The molecule has 1 aromatic carbocycles. The fourth-order valence-corrected chi connectivity index (χ4v) is 2.77. The lowest BCUT2D eigenvalue weighted by molar-refractivity contribution is -0.384. The number of likely N-dealkylation sites (tertiary alicyclic amines) is 1. The van der Waals surface area contributed by atoms with Gasteiger partial charge in [-0.05, 0) is 17.5 Å². The number of rotatable bonds is 4. The molecular weight excluding hydrogens is 284 g/mol. The number of carbonyl (C=O) groups is 1. The van der Waals surface area contributed by atoms with Crippen molar-refractivity contribution in [2.75, 3.05) is 13.1 Å². The van der Waals surface area contributed by atoms with Crippen LogP contribution in [0, 0.1) is 22.0 Å². The Hall–Kier alpha value is -1.66. The van der Waals surface area contributed by atoms with E-state index in [1.165, 1.54) is 12.1 Å². The highest BCUT2D eigenvalue weighted by Crippen LogP contribution is 2.28. The van der Waals surface area contributed by atoms with Gasteiger partial charge in [0.15, 0.2) is 0 Å². The minimum Gasteiger partial charge on any atom is -0.481 e. The molecule has 7 heteroatoms. The first-order valence-corrected chi connectivity index (χ1v) is 6.64. The summed E-state index contributed by atoms with van der Waals surface area (Å²) in [5, 5.41) is 20.1. The molecule has 0 spiro atoms. The minimum atomic E-state index is -0.783. The molecule has 0 saturated carbocycles. The molecule has 20 heavy (non-hydrogen) atoms. The predicted octanol–water partition coefficient (Wildman–Crippen LogP) is 2.40. The Labute approximate surface area is 121 Å². The summed E-state index contributed by atoms with van der Waals surface area (Å²) in [6.45, 7) is 3.58. The Kier molecular flexibility index (Phi) is 4.25. The SMILES string of the molecule is CC1CN(Cc2ccc([N+](=O)[O-])cc2Cl)CC1C(=O)O. The lowest BCUT2D eigenvalue weighted by atomic mass is 9.99. The van der Waals surface area contributed by atoms with Gasteiger partial charge < -0.3 is 5.11 Å². The topological polar surface area (TPSA) is 83.7 Å². The zero-order valence-electron chi connectivity index (χ0n) is 11.0. The number of hydrogen-bond acceptors (Lipinski definition) is 4. The van der Waals surface area contributed by atoms with Gasteiger partial charge in [-0.25, -0.2) is 0 Å². The van der Waals surface area contributed by atoms with Crippen molar-refractivity contribution in [1.82, 2.24) is 4.90 Å². The monoisotopic (exact) mass is 298 g/mol. The van der Waals surface area contributed by atoms with Gasteiger partial charge in [-0.3, -0.25) is 19.8 Å². The number of nitro benzene ring substituents is 1. The van der Waals surface area contributed by atoms with E-state index >= 15 is 0 Å². The maximum atomic E-state index is 11.1. The van der Waals surface area contributed by atoms with Crippen LogP contribution in [-0.2, 0) is 11.3 Å². The third kappa shape index (κ3) is 3.08. The number of benzene rings is 1. The van der Waals surface area contributed by atoms with Gasteiger partial charge in [0, 0.05) is 31.8 Å². The second-order valence-corrected chi connectivity index (χ2v) is 5.56. The van der Waals surface area contributed by atoms with Crippen LogP contribution in [0.15, 0.2) is 18.2 Å². The normalized spacial score (nSPS) is 22.9. The molecule has 1 heterocycles. The van der Waals surface area contributed by atoms with E-state index in [0.29, 0.717) is 24.7 Å². The molecule has 0 bridgehead atoms. The summed E-state index contributed by atoms with van der Waals surface area (Å²) in [5.41, 5.74) is 0.729. The van der Waals surface area contributed by atoms with Gasteiger partial charge in [0.2, 0.25) is 0 Å². The molecule has 0 amide bonds. The molecule has 0 radical (unpaired) electrons. The first-order valence-electron chi connectivity index (χ1n) is 6.26. The van der Waals surface area contributed by atoms with E-state index < -0.39 is 10.9 Å². The third-order valence-corrected chi connectivity index (χ3v) is 4.00. The summed E-state index contributed by atoms with van der Waals surface area (Å²) in [4.78, 5) is 23.2. The highest BCUT2D eigenvalue weighted by atomic mass is 35.5. The number of aliphatic carboxylic acids is 1. The molecule has 1 aromatic rings. The Bertz CT molecular complexity index is 549. The van der Waals surface area contributed by atoms with Crippen LogP contribution in [-0.4, -0.2) is 34.0 Å². The third-order valence-electron chi connectivity index (χ3n) is 3.65. The average Bonchev–Trinajstić information content (AvgIpc) is 2.73. The Balaban J connectivity index is 2.08. The smallest absolute Gasteiger partial charge is 0.308 e. The van der Waals surface area contributed by atoms with Crippen LogP contribution in [0.3, 0.4) is 0 Å². The molecular formula is C13H15ClN2O4. The van der Waals surface area contributed by atoms with Gasteiger partial charge in [0.25, 0.3) is 5.69 Å². The Morgan fingerprint density at radius 3 is 2.75 bits per heavy atom. The summed E-state index contributed by atoms with van der Waals surface area (Å²) < 4.78 is 0. The molecule has 1 aliphatic rings. The number of carboxylic acid groups (broad SMARTS) is 1. The molecule has 0 aliphatic carbocycles. The zero-order chi connectivity index (χ0) is 14.9. The highest BCUT2D eigenvalue weighted by Gasteiger charge is 2.34. The molecule has 1 aliphatic heterocycles. The van der Waals surface area contributed by atoms with Crippen LogP contribution >= 0.6 is 11.6 Å². The van der Waals surface area contributed by atoms with Crippen LogP contribution < -0.4 is 0 Å². The van der Waals surface area contributed by atoms with Crippen LogP contribution in [0.2, 0.25) is 5.02 Å². The van der Waals surface area contributed by atoms with Crippen molar-refractivity contribution in [3.05, 3.63) is 38.9 Å². The fourth-order valence-electron chi connectivity index (χ4n) is 2.54. The average molecular weight is 299 g/mol. The largest absolute Gasteiger partial charge is 0.481 e. The van der Waals surface area contributed by atoms with E-state index in [-0.39, 0.29) is 17.5 Å². The molecule has 0 aromatic heterocycles. The number of non-ortho nitro benzene ring substituents is 1. The fraction of sp³-hybridized carbons (Fsp3) is 0.462. The van der Waals surface area contributed by atoms with Crippen molar-refractivity contribution < 1.29 is 14.8 Å². The van der Waals surface area contributed by atoms with Gasteiger partial charge in [-0.2, -0.15) is 0 Å². The van der Waals surface area contributed by atoms with Crippen molar-refractivity contribution in [3.8, 4) is 0 Å². The van der Waals surface area contributed by atoms with Crippen molar-refractivity contribution in [1.29, 1.82) is 0 Å². The second kappa shape index (κ2) is 5.76. The molecule has 1 N–H and O–H groups in total.